The highest BCUT2D eigenvalue weighted by atomic mass is 35.5. The van der Waals surface area contributed by atoms with E-state index < -0.39 is 0 Å². The highest BCUT2D eigenvalue weighted by Crippen LogP contribution is 2.34. The predicted molar refractivity (Wildman–Crippen MR) is 84.1 cm³/mol. The fraction of sp³-hybridized carbons (Fsp3) is 0.176. The summed E-state index contributed by atoms with van der Waals surface area (Å²) in [6, 6.07) is 12.2. The maximum Gasteiger partial charge on any atom is 0.135 e. The first-order valence-electron chi connectivity index (χ1n) is 6.74. The Hall–Kier alpha value is -1.84. The van der Waals surface area contributed by atoms with E-state index in [2.05, 4.69) is 5.32 Å². The molecule has 3 aromatic rings. The predicted octanol–water partition coefficient (Wildman–Crippen LogP) is 5.17. The van der Waals surface area contributed by atoms with Gasteiger partial charge in [0.2, 0.25) is 0 Å². The highest BCUT2D eigenvalue weighted by Gasteiger charge is 2.15. The van der Waals surface area contributed by atoms with Crippen LogP contribution in [0.15, 0.2) is 46.9 Å². The van der Waals surface area contributed by atoms with E-state index in [4.69, 9.17) is 16.0 Å². The Bertz CT molecular complexity index is 797. The van der Waals surface area contributed by atoms with Gasteiger partial charge < -0.3 is 9.73 Å². The molecule has 108 valence electrons. The lowest BCUT2D eigenvalue weighted by molar-refractivity contribution is 0.605. The summed E-state index contributed by atoms with van der Waals surface area (Å²) in [5, 5.41) is 4.73. The minimum Gasteiger partial charge on any atom is -0.456 e. The summed E-state index contributed by atoms with van der Waals surface area (Å²) in [5.74, 6) is 0.361. The molecule has 0 saturated carbocycles. The number of halogens is 2. The Labute approximate surface area is 127 Å². The zero-order valence-corrected chi connectivity index (χ0v) is 12.5. The first-order valence-corrected chi connectivity index (χ1v) is 7.12. The van der Waals surface area contributed by atoms with Crippen LogP contribution in [0.3, 0.4) is 0 Å². The molecule has 0 aliphatic heterocycles. The van der Waals surface area contributed by atoms with Crippen molar-refractivity contribution in [3.63, 3.8) is 0 Å². The highest BCUT2D eigenvalue weighted by molar-refractivity contribution is 6.31. The fourth-order valence-electron chi connectivity index (χ4n) is 2.42. The second-order valence-electron chi connectivity index (χ2n) is 5.03. The molecular weight excluding hydrogens is 289 g/mol. The molecule has 0 fully saturated rings. The number of benzene rings is 2. The Morgan fingerprint density at radius 1 is 1.14 bits per heavy atom. The van der Waals surface area contributed by atoms with Gasteiger partial charge in [-0.15, -0.1) is 0 Å². The van der Waals surface area contributed by atoms with Gasteiger partial charge in [-0.05, 0) is 55.9 Å². The van der Waals surface area contributed by atoms with Crippen LogP contribution in [0.4, 0.5) is 4.39 Å². The molecule has 1 N–H and O–H groups in total. The van der Waals surface area contributed by atoms with Crippen LogP contribution in [0.2, 0.25) is 5.02 Å². The molecule has 21 heavy (non-hydrogen) atoms. The van der Waals surface area contributed by atoms with Crippen LogP contribution in [-0.4, -0.2) is 7.05 Å². The van der Waals surface area contributed by atoms with Crippen LogP contribution in [0, 0.1) is 5.82 Å². The normalized spacial score (nSPS) is 12.8. The molecule has 0 radical (unpaired) electrons. The quantitative estimate of drug-likeness (QED) is 0.722. The number of nitrogens with one attached hydrogen (secondary N) is 1. The molecule has 2 aromatic carbocycles. The molecular formula is C17H15ClFNO. The van der Waals surface area contributed by atoms with Gasteiger partial charge in [0, 0.05) is 22.0 Å². The van der Waals surface area contributed by atoms with Gasteiger partial charge in [-0.1, -0.05) is 17.7 Å². The Kier molecular flexibility index (Phi) is 3.70. The lowest BCUT2D eigenvalue weighted by Crippen LogP contribution is -2.13. The van der Waals surface area contributed by atoms with Crippen molar-refractivity contribution in [1.29, 1.82) is 0 Å². The summed E-state index contributed by atoms with van der Waals surface area (Å²) in [4.78, 5) is 0. The SMILES string of the molecule is CNC(C)c1ccc(F)cc1-c1cc2cc(Cl)ccc2o1. The minimum absolute atomic E-state index is 0.0948. The van der Waals surface area contributed by atoms with Crippen LogP contribution in [0.1, 0.15) is 18.5 Å². The monoisotopic (exact) mass is 303 g/mol. The maximum absolute atomic E-state index is 13.6. The molecule has 1 aromatic heterocycles. The Morgan fingerprint density at radius 2 is 1.95 bits per heavy atom. The van der Waals surface area contributed by atoms with Gasteiger partial charge in [0.1, 0.15) is 17.2 Å². The minimum atomic E-state index is -0.282. The van der Waals surface area contributed by atoms with E-state index in [1.165, 1.54) is 12.1 Å². The van der Waals surface area contributed by atoms with Crippen LogP contribution < -0.4 is 5.32 Å². The van der Waals surface area contributed by atoms with Crippen molar-refractivity contribution in [3.8, 4) is 11.3 Å². The number of fused-ring (bicyclic) bond motifs is 1. The topological polar surface area (TPSA) is 25.2 Å². The van der Waals surface area contributed by atoms with Crippen molar-refractivity contribution < 1.29 is 8.81 Å². The molecule has 0 saturated heterocycles. The molecule has 4 heteroatoms. The van der Waals surface area contributed by atoms with Crippen molar-refractivity contribution in [2.45, 2.75) is 13.0 Å². The number of hydrogen-bond donors (Lipinski definition) is 1. The first-order chi connectivity index (χ1) is 10.1. The van der Waals surface area contributed by atoms with Crippen molar-refractivity contribution >= 4 is 22.6 Å². The van der Waals surface area contributed by atoms with Crippen LogP contribution in [0.5, 0.6) is 0 Å². The van der Waals surface area contributed by atoms with Crippen molar-refractivity contribution in [1.82, 2.24) is 5.32 Å². The Balaban J connectivity index is 2.19. The first kappa shape index (κ1) is 14.1. The van der Waals surface area contributed by atoms with Crippen molar-refractivity contribution in [2.75, 3.05) is 7.05 Å². The summed E-state index contributed by atoms with van der Waals surface area (Å²) in [5.41, 5.74) is 2.48. The molecule has 1 atom stereocenters. The molecule has 3 rings (SSSR count). The fourth-order valence-corrected chi connectivity index (χ4v) is 2.60. The summed E-state index contributed by atoms with van der Waals surface area (Å²) in [7, 11) is 1.87. The van der Waals surface area contributed by atoms with Crippen molar-refractivity contribution in [2.24, 2.45) is 0 Å². The molecule has 1 unspecified atom stereocenters. The zero-order chi connectivity index (χ0) is 15.0. The molecule has 0 aliphatic rings. The van der Waals surface area contributed by atoms with E-state index >= 15 is 0 Å². The van der Waals surface area contributed by atoms with E-state index in [0.29, 0.717) is 10.8 Å². The number of rotatable bonds is 3. The molecule has 1 heterocycles. The van der Waals surface area contributed by atoms with E-state index in [1.54, 1.807) is 12.1 Å². The molecule has 0 spiro atoms. The van der Waals surface area contributed by atoms with Gasteiger partial charge in [-0.3, -0.25) is 0 Å². The molecule has 2 nitrogen and oxygen atoms in total. The van der Waals surface area contributed by atoms with Crippen molar-refractivity contribution in [3.05, 3.63) is 58.9 Å². The Morgan fingerprint density at radius 3 is 2.71 bits per heavy atom. The van der Waals surface area contributed by atoms with Gasteiger partial charge in [-0.25, -0.2) is 4.39 Å². The third-order valence-electron chi connectivity index (χ3n) is 3.66. The van der Waals surface area contributed by atoms with Gasteiger partial charge in [0.15, 0.2) is 0 Å². The molecule has 0 bridgehead atoms. The van der Waals surface area contributed by atoms with Gasteiger partial charge >= 0.3 is 0 Å². The standard InChI is InChI=1S/C17H15ClFNO/c1-10(20-2)14-5-4-13(19)9-15(14)17-8-11-7-12(18)3-6-16(11)21-17/h3-10,20H,1-2H3. The van der Waals surface area contributed by atoms with Gasteiger partial charge in [0.25, 0.3) is 0 Å². The van der Waals surface area contributed by atoms with E-state index in [0.717, 1.165) is 22.1 Å². The third kappa shape index (κ3) is 2.67. The van der Waals surface area contributed by atoms with E-state index in [1.807, 2.05) is 32.2 Å². The average molecular weight is 304 g/mol. The average Bonchev–Trinajstić information content (AvgIpc) is 2.89. The smallest absolute Gasteiger partial charge is 0.135 e. The van der Waals surface area contributed by atoms with Crippen LogP contribution in [0.25, 0.3) is 22.3 Å². The molecule has 0 amide bonds. The van der Waals surface area contributed by atoms with E-state index in [9.17, 15) is 4.39 Å². The van der Waals surface area contributed by atoms with Crippen LogP contribution >= 0.6 is 11.6 Å². The van der Waals surface area contributed by atoms with Gasteiger partial charge in [-0.2, -0.15) is 0 Å². The zero-order valence-electron chi connectivity index (χ0n) is 11.8. The van der Waals surface area contributed by atoms with Gasteiger partial charge in [0.05, 0.1) is 0 Å². The second kappa shape index (κ2) is 5.51. The third-order valence-corrected chi connectivity index (χ3v) is 3.89. The summed E-state index contributed by atoms with van der Waals surface area (Å²) in [6.07, 6.45) is 0. The summed E-state index contributed by atoms with van der Waals surface area (Å²) >= 11 is 5.99. The molecule has 0 aliphatic carbocycles. The number of furan rings is 1. The number of hydrogen-bond acceptors (Lipinski definition) is 2. The maximum atomic E-state index is 13.6. The lowest BCUT2D eigenvalue weighted by Gasteiger charge is -2.14. The summed E-state index contributed by atoms with van der Waals surface area (Å²) < 4.78 is 19.5. The van der Waals surface area contributed by atoms with E-state index in [-0.39, 0.29) is 11.9 Å². The van der Waals surface area contributed by atoms with Crippen LogP contribution in [-0.2, 0) is 0 Å². The summed E-state index contributed by atoms with van der Waals surface area (Å²) in [6.45, 7) is 2.02. The largest absolute Gasteiger partial charge is 0.456 e. The second-order valence-corrected chi connectivity index (χ2v) is 5.47. The lowest BCUT2D eigenvalue weighted by atomic mass is 9.99.